The normalized spacial score (nSPS) is 16.1. The van der Waals surface area contributed by atoms with E-state index < -0.39 is 0 Å². The molecule has 0 unspecified atom stereocenters. The highest BCUT2D eigenvalue weighted by Crippen LogP contribution is 2.26. The molecule has 0 saturated carbocycles. The molecule has 34 heavy (non-hydrogen) atoms. The topological polar surface area (TPSA) is 75.6 Å². The second kappa shape index (κ2) is 9.14. The van der Waals surface area contributed by atoms with Crippen LogP contribution in [0.15, 0.2) is 71.9 Å². The van der Waals surface area contributed by atoms with Gasteiger partial charge in [-0.1, -0.05) is 18.2 Å². The number of hydrogen-bond donors (Lipinski definition) is 2. The van der Waals surface area contributed by atoms with E-state index in [-0.39, 0.29) is 11.4 Å². The van der Waals surface area contributed by atoms with Crippen molar-refractivity contribution in [1.29, 1.82) is 0 Å². The maximum absolute atomic E-state index is 12.4. The monoisotopic (exact) mass is 452 g/mol. The summed E-state index contributed by atoms with van der Waals surface area (Å²) in [5, 5.41) is 6.34. The second-order valence-corrected chi connectivity index (χ2v) is 9.38. The molecule has 0 atom stereocenters. The number of carbonyl (C=O) groups is 1. The molecule has 2 heterocycles. The van der Waals surface area contributed by atoms with Crippen molar-refractivity contribution in [2.75, 3.05) is 11.9 Å². The number of aromatic nitrogens is 1. The van der Waals surface area contributed by atoms with Crippen LogP contribution >= 0.6 is 0 Å². The van der Waals surface area contributed by atoms with E-state index in [0.717, 1.165) is 35.6 Å². The fourth-order valence-corrected chi connectivity index (χ4v) is 4.25. The van der Waals surface area contributed by atoms with Crippen molar-refractivity contribution in [2.45, 2.75) is 38.6 Å². The van der Waals surface area contributed by atoms with E-state index in [4.69, 9.17) is 4.74 Å². The van der Waals surface area contributed by atoms with E-state index in [1.807, 2.05) is 42.5 Å². The Morgan fingerprint density at radius 3 is 2.76 bits per heavy atom. The van der Waals surface area contributed by atoms with Crippen molar-refractivity contribution in [3.63, 3.8) is 0 Å². The first-order chi connectivity index (χ1) is 16.4. The lowest BCUT2D eigenvalue weighted by Crippen LogP contribution is -2.40. The number of nitrogens with zero attached hydrogens (tertiary/aromatic N) is 2. The fraction of sp³-hybridized carbons (Fsp3) is 0.250. The van der Waals surface area contributed by atoms with Crippen LogP contribution < -0.4 is 15.4 Å². The highest BCUT2D eigenvalue weighted by molar-refractivity contribution is 6.02. The van der Waals surface area contributed by atoms with Crippen molar-refractivity contribution in [3.05, 3.63) is 89.3 Å². The van der Waals surface area contributed by atoms with E-state index >= 15 is 0 Å². The quantitative estimate of drug-likeness (QED) is 0.508. The first-order valence-corrected chi connectivity index (χ1v) is 11.6. The molecule has 0 spiro atoms. The number of fused-ring (bicyclic) bond motifs is 1. The maximum atomic E-state index is 12.4. The third-order valence-electron chi connectivity index (χ3n) is 5.95. The Kier molecular flexibility index (Phi) is 5.88. The summed E-state index contributed by atoms with van der Waals surface area (Å²) in [5.41, 5.74) is 5.13. The molecule has 0 fully saturated rings. The minimum absolute atomic E-state index is 0.0681. The Bertz CT molecular complexity index is 1290. The van der Waals surface area contributed by atoms with Gasteiger partial charge in [0.25, 0.3) is 0 Å². The number of amides is 1. The summed E-state index contributed by atoms with van der Waals surface area (Å²) in [4.78, 5) is 21.4. The summed E-state index contributed by atoms with van der Waals surface area (Å²) in [6, 6.07) is 17.5. The number of nitrogens with one attached hydrogen (secondary N) is 2. The number of pyridine rings is 1. The molecule has 0 bridgehead atoms. The van der Waals surface area contributed by atoms with Gasteiger partial charge in [0.15, 0.2) is 0 Å². The van der Waals surface area contributed by atoms with Crippen LogP contribution in [0.25, 0.3) is 6.08 Å². The minimum atomic E-state index is -0.157. The average molecular weight is 453 g/mol. The lowest BCUT2D eigenvalue weighted by Gasteiger charge is -2.18. The molecule has 1 amide bonds. The number of aliphatic imine (C=N–C) groups is 1. The highest BCUT2D eigenvalue weighted by Gasteiger charge is 2.26. The van der Waals surface area contributed by atoms with Crippen LogP contribution in [0.5, 0.6) is 11.5 Å². The second-order valence-electron chi connectivity index (χ2n) is 9.38. The van der Waals surface area contributed by atoms with Crippen molar-refractivity contribution in [2.24, 2.45) is 4.99 Å². The van der Waals surface area contributed by atoms with Crippen molar-refractivity contribution in [3.8, 4) is 11.5 Å². The van der Waals surface area contributed by atoms with E-state index in [0.29, 0.717) is 18.0 Å². The van der Waals surface area contributed by atoms with Crippen molar-refractivity contribution in [1.82, 2.24) is 10.3 Å². The minimum Gasteiger partial charge on any atom is -0.457 e. The van der Waals surface area contributed by atoms with Gasteiger partial charge in [-0.15, -0.1) is 0 Å². The Labute approximate surface area is 199 Å². The van der Waals surface area contributed by atoms with Gasteiger partial charge in [0.1, 0.15) is 23.0 Å². The molecule has 6 nitrogen and oxygen atoms in total. The molecule has 1 aliphatic heterocycles. The summed E-state index contributed by atoms with van der Waals surface area (Å²) in [7, 11) is 0. The predicted octanol–water partition coefficient (Wildman–Crippen LogP) is 5.14. The van der Waals surface area contributed by atoms with Gasteiger partial charge in [-0.05, 0) is 86.2 Å². The Balaban J connectivity index is 1.23. The van der Waals surface area contributed by atoms with Crippen molar-refractivity contribution >= 4 is 23.5 Å². The molecule has 2 aliphatic rings. The van der Waals surface area contributed by atoms with Crippen LogP contribution in [-0.2, 0) is 17.6 Å². The fourth-order valence-electron chi connectivity index (χ4n) is 4.25. The van der Waals surface area contributed by atoms with Crippen LogP contribution in [0.3, 0.4) is 0 Å². The Hall–Kier alpha value is -3.93. The van der Waals surface area contributed by atoms with E-state index in [9.17, 15) is 4.79 Å². The number of anilines is 1. The molecule has 2 N–H and O–H groups in total. The molecule has 2 aromatic carbocycles. The van der Waals surface area contributed by atoms with Crippen LogP contribution in [-0.4, -0.2) is 28.8 Å². The Morgan fingerprint density at radius 1 is 1.06 bits per heavy atom. The van der Waals surface area contributed by atoms with E-state index in [1.54, 1.807) is 18.3 Å². The molecular formula is C28H28N4O2. The molecule has 5 rings (SSSR count). The maximum Gasteiger partial charge on any atom is 0.248 e. The lowest BCUT2D eigenvalue weighted by molar-refractivity contribution is -0.111. The summed E-state index contributed by atoms with van der Waals surface area (Å²) < 4.78 is 6.06. The highest BCUT2D eigenvalue weighted by atomic mass is 16.5. The van der Waals surface area contributed by atoms with Gasteiger partial charge in [-0.3, -0.25) is 14.8 Å². The molecule has 172 valence electrons. The summed E-state index contributed by atoms with van der Waals surface area (Å²) in [6.45, 7) is 4.92. The number of carbonyl (C=O) groups excluding carboxylic acids is 1. The van der Waals surface area contributed by atoms with Crippen LogP contribution in [0.2, 0.25) is 0 Å². The molecular weight excluding hydrogens is 424 g/mol. The van der Waals surface area contributed by atoms with Gasteiger partial charge in [-0.25, -0.2) is 0 Å². The molecule has 0 radical (unpaired) electrons. The van der Waals surface area contributed by atoms with Crippen LogP contribution in [0.1, 0.15) is 42.7 Å². The first-order valence-electron chi connectivity index (χ1n) is 11.6. The van der Waals surface area contributed by atoms with Gasteiger partial charge < -0.3 is 15.4 Å². The molecule has 1 aromatic heterocycles. The van der Waals surface area contributed by atoms with Gasteiger partial charge in [0.05, 0.1) is 12.1 Å². The molecule has 3 aromatic rings. The zero-order chi connectivity index (χ0) is 23.5. The summed E-state index contributed by atoms with van der Waals surface area (Å²) in [5.74, 6) is 1.98. The van der Waals surface area contributed by atoms with Gasteiger partial charge >= 0.3 is 0 Å². The SMILES string of the molecule is CC1(C)CN=C(c2cc(Oc3cccc(/C=C/C(=O)Nc4ccc5c(c4)CCC5)c3)ccn2)N1. The number of ether oxygens (including phenoxy) is 1. The lowest BCUT2D eigenvalue weighted by atomic mass is 10.1. The molecule has 1 aliphatic carbocycles. The molecule has 6 heteroatoms. The summed E-state index contributed by atoms with van der Waals surface area (Å²) in [6.07, 6.45) is 8.45. The number of rotatable bonds is 6. The average Bonchev–Trinajstić information content (AvgIpc) is 3.43. The zero-order valence-corrected chi connectivity index (χ0v) is 19.5. The Morgan fingerprint density at radius 2 is 1.91 bits per heavy atom. The first kappa shape index (κ1) is 21.9. The van der Waals surface area contributed by atoms with Gasteiger partial charge in [-0.2, -0.15) is 0 Å². The summed E-state index contributed by atoms with van der Waals surface area (Å²) >= 11 is 0. The largest absolute Gasteiger partial charge is 0.457 e. The molecule has 0 saturated heterocycles. The zero-order valence-electron chi connectivity index (χ0n) is 19.5. The van der Waals surface area contributed by atoms with Crippen LogP contribution in [0.4, 0.5) is 5.69 Å². The third-order valence-corrected chi connectivity index (χ3v) is 5.95. The standard InChI is InChI=1S/C28H28N4O2/c1-28(2)18-30-27(32-28)25-17-24(13-14-29-25)34-23-8-3-5-19(15-23)9-12-26(33)31-22-11-10-20-6-4-7-21(20)16-22/h3,5,8-17H,4,6-7,18H2,1-2H3,(H,30,32)(H,31,33)/b12-9+. The van der Waals surface area contributed by atoms with Gasteiger partial charge in [0.2, 0.25) is 5.91 Å². The number of aryl methyl sites for hydroxylation is 2. The third kappa shape index (κ3) is 5.17. The van der Waals surface area contributed by atoms with Gasteiger partial charge in [0, 0.05) is 24.0 Å². The number of benzene rings is 2. The van der Waals surface area contributed by atoms with Crippen molar-refractivity contribution < 1.29 is 9.53 Å². The number of amidine groups is 1. The van der Waals surface area contributed by atoms with E-state index in [2.05, 4.69) is 46.6 Å². The van der Waals surface area contributed by atoms with E-state index in [1.165, 1.54) is 17.5 Å². The predicted molar refractivity (Wildman–Crippen MR) is 136 cm³/mol. The van der Waals surface area contributed by atoms with Crippen LogP contribution in [0, 0.1) is 0 Å². The smallest absolute Gasteiger partial charge is 0.248 e. The number of hydrogen-bond acceptors (Lipinski definition) is 5.